The minimum Gasteiger partial charge on any atom is -0.393 e. The van der Waals surface area contributed by atoms with Crippen molar-refractivity contribution in [2.45, 2.75) is 71.3 Å². The van der Waals surface area contributed by atoms with E-state index in [4.69, 9.17) is 0 Å². The Labute approximate surface area is 141 Å². The number of aliphatic hydroxyl groups excluding tert-OH is 1. The molecule has 4 aliphatic rings. The van der Waals surface area contributed by atoms with E-state index in [1.54, 1.807) is 0 Å². The first-order valence-corrected chi connectivity index (χ1v) is 9.75. The Kier molecular flexibility index (Phi) is 3.44. The SMILES string of the molecule is C[C@]12CC[C@H](O)CC1=C(Br)C[C@@H]1[C@@H]2CC[C@]2(C)C(=O)CC[C@@H]12. The summed E-state index contributed by atoms with van der Waals surface area (Å²) < 4.78 is 1.35. The number of aliphatic hydroxyl groups is 1. The van der Waals surface area contributed by atoms with Gasteiger partial charge >= 0.3 is 0 Å². The highest BCUT2D eigenvalue weighted by atomic mass is 79.9. The van der Waals surface area contributed by atoms with Crippen LogP contribution in [0.15, 0.2) is 10.1 Å². The summed E-state index contributed by atoms with van der Waals surface area (Å²) in [6.45, 7) is 4.68. The maximum absolute atomic E-state index is 12.4. The van der Waals surface area contributed by atoms with Crippen LogP contribution in [0, 0.1) is 28.6 Å². The zero-order valence-electron chi connectivity index (χ0n) is 13.7. The fourth-order valence-electron chi connectivity index (χ4n) is 6.48. The number of halogens is 1. The Hall–Kier alpha value is -0.150. The molecule has 22 heavy (non-hydrogen) atoms. The zero-order chi connectivity index (χ0) is 15.7. The molecule has 4 rings (SSSR count). The van der Waals surface area contributed by atoms with Crippen LogP contribution in [-0.4, -0.2) is 17.0 Å². The molecule has 3 heteroatoms. The van der Waals surface area contributed by atoms with Crippen molar-refractivity contribution >= 4 is 21.7 Å². The van der Waals surface area contributed by atoms with Gasteiger partial charge in [0.05, 0.1) is 6.10 Å². The third kappa shape index (κ3) is 1.90. The first-order chi connectivity index (χ1) is 10.4. The predicted molar refractivity (Wildman–Crippen MR) is 90.6 cm³/mol. The smallest absolute Gasteiger partial charge is 0.139 e. The summed E-state index contributed by atoms with van der Waals surface area (Å²) in [5.74, 6) is 2.46. The van der Waals surface area contributed by atoms with Gasteiger partial charge in [-0.2, -0.15) is 0 Å². The van der Waals surface area contributed by atoms with Gasteiger partial charge in [-0.25, -0.2) is 0 Å². The van der Waals surface area contributed by atoms with E-state index >= 15 is 0 Å². The van der Waals surface area contributed by atoms with E-state index in [1.807, 2.05) is 0 Å². The number of fused-ring (bicyclic) bond motifs is 5. The maximum atomic E-state index is 12.4. The van der Waals surface area contributed by atoms with E-state index in [2.05, 4.69) is 29.8 Å². The van der Waals surface area contributed by atoms with Crippen molar-refractivity contribution in [3.05, 3.63) is 10.1 Å². The summed E-state index contributed by atoms with van der Waals surface area (Å²) in [6.07, 6.45) is 8.01. The Bertz CT molecular complexity index is 554. The second-order valence-corrected chi connectivity index (χ2v) is 9.65. The summed E-state index contributed by atoms with van der Waals surface area (Å²) in [7, 11) is 0. The normalized spacial score (nSPS) is 51.4. The molecule has 3 saturated carbocycles. The molecule has 0 bridgehead atoms. The summed E-state index contributed by atoms with van der Waals surface area (Å²) >= 11 is 3.87. The maximum Gasteiger partial charge on any atom is 0.139 e. The first kappa shape index (κ1) is 15.4. The summed E-state index contributed by atoms with van der Waals surface area (Å²) in [5, 5.41) is 10.1. The van der Waals surface area contributed by atoms with Crippen molar-refractivity contribution < 1.29 is 9.90 Å². The lowest BCUT2D eigenvalue weighted by molar-refractivity contribution is -0.132. The molecule has 0 aliphatic heterocycles. The van der Waals surface area contributed by atoms with Crippen LogP contribution in [0.1, 0.15) is 65.2 Å². The Morgan fingerprint density at radius 1 is 1.05 bits per heavy atom. The topological polar surface area (TPSA) is 37.3 Å². The molecule has 0 spiro atoms. The Morgan fingerprint density at radius 3 is 2.50 bits per heavy atom. The van der Waals surface area contributed by atoms with E-state index in [9.17, 15) is 9.90 Å². The number of carbonyl (C=O) groups excluding carboxylic acids is 1. The summed E-state index contributed by atoms with van der Waals surface area (Å²) in [4.78, 5) is 12.4. The van der Waals surface area contributed by atoms with Crippen LogP contribution in [0.2, 0.25) is 0 Å². The number of carbonyl (C=O) groups is 1. The number of ketones is 1. The van der Waals surface area contributed by atoms with Crippen LogP contribution in [0.5, 0.6) is 0 Å². The molecule has 0 radical (unpaired) electrons. The molecule has 6 atom stereocenters. The van der Waals surface area contributed by atoms with Gasteiger partial charge in [-0.15, -0.1) is 0 Å². The average molecular weight is 367 g/mol. The van der Waals surface area contributed by atoms with Crippen LogP contribution >= 0.6 is 15.9 Å². The number of rotatable bonds is 0. The first-order valence-electron chi connectivity index (χ1n) is 8.95. The van der Waals surface area contributed by atoms with Crippen molar-refractivity contribution in [2.24, 2.45) is 28.6 Å². The highest BCUT2D eigenvalue weighted by Gasteiger charge is 2.59. The average Bonchev–Trinajstić information content (AvgIpc) is 2.77. The lowest BCUT2D eigenvalue weighted by Crippen LogP contribution is -2.51. The van der Waals surface area contributed by atoms with E-state index in [0.717, 1.165) is 44.9 Å². The van der Waals surface area contributed by atoms with Gasteiger partial charge < -0.3 is 5.11 Å². The van der Waals surface area contributed by atoms with Gasteiger partial charge in [0.2, 0.25) is 0 Å². The minimum atomic E-state index is -0.158. The van der Waals surface area contributed by atoms with Crippen molar-refractivity contribution in [2.75, 3.05) is 0 Å². The molecular weight excluding hydrogens is 340 g/mol. The summed E-state index contributed by atoms with van der Waals surface area (Å²) in [5.41, 5.74) is 1.69. The van der Waals surface area contributed by atoms with E-state index in [0.29, 0.717) is 23.5 Å². The van der Waals surface area contributed by atoms with E-state index in [-0.39, 0.29) is 16.9 Å². The van der Waals surface area contributed by atoms with Gasteiger partial charge in [0.1, 0.15) is 5.78 Å². The fourth-order valence-corrected chi connectivity index (χ4v) is 7.47. The number of hydrogen-bond acceptors (Lipinski definition) is 2. The van der Waals surface area contributed by atoms with Crippen molar-refractivity contribution in [3.63, 3.8) is 0 Å². The number of hydrogen-bond donors (Lipinski definition) is 1. The number of Topliss-reactive ketones (excluding diaryl/α,β-unsaturated/α-hetero) is 1. The molecule has 0 aromatic heterocycles. The molecule has 0 unspecified atom stereocenters. The quantitative estimate of drug-likeness (QED) is 0.679. The van der Waals surface area contributed by atoms with Gasteiger partial charge in [0, 0.05) is 11.8 Å². The standard InChI is InChI=1S/C19H27BrO2/c1-18-7-5-11(21)9-15(18)16(20)10-12-13-3-4-17(22)19(13,2)8-6-14(12)18/h11-14,21H,3-10H2,1-2H3/t11-,12-,13-,14-,18+,19-/m0/s1. The fraction of sp³-hybridized carbons (Fsp3) is 0.842. The monoisotopic (exact) mass is 366 g/mol. The van der Waals surface area contributed by atoms with E-state index < -0.39 is 0 Å². The highest BCUT2D eigenvalue weighted by Crippen LogP contribution is 2.65. The van der Waals surface area contributed by atoms with Crippen LogP contribution in [0.3, 0.4) is 0 Å². The molecule has 0 saturated heterocycles. The molecule has 2 nitrogen and oxygen atoms in total. The molecule has 1 N–H and O–H groups in total. The van der Waals surface area contributed by atoms with Gasteiger partial charge in [-0.1, -0.05) is 35.4 Å². The van der Waals surface area contributed by atoms with Crippen LogP contribution in [0.4, 0.5) is 0 Å². The molecule has 3 fully saturated rings. The highest BCUT2D eigenvalue weighted by molar-refractivity contribution is 9.11. The van der Waals surface area contributed by atoms with Gasteiger partial charge in [0.25, 0.3) is 0 Å². The number of allylic oxidation sites excluding steroid dienone is 1. The molecular formula is C19H27BrO2. The largest absolute Gasteiger partial charge is 0.393 e. The van der Waals surface area contributed by atoms with Gasteiger partial charge in [-0.3, -0.25) is 4.79 Å². The second kappa shape index (κ2) is 4.92. The van der Waals surface area contributed by atoms with Crippen LogP contribution < -0.4 is 0 Å². The van der Waals surface area contributed by atoms with E-state index in [1.165, 1.54) is 16.5 Å². The van der Waals surface area contributed by atoms with Crippen molar-refractivity contribution in [3.8, 4) is 0 Å². The summed E-state index contributed by atoms with van der Waals surface area (Å²) in [6, 6.07) is 0. The lowest BCUT2D eigenvalue weighted by atomic mass is 9.48. The molecule has 0 amide bonds. The van der Waals surface area contributed by atoms with Crippen LogP contribution in [0.25, 0.3) is 0 Å². The lowest BCUT2D eigenvalue weighted by Gasteiger charge is -2.57. The van der Waals surface area contributed by atoms with Crippen molar-refractivity contribution in [1.82, 2.24) is 0 Å². The van der Waals surface area contributed by atoms with Crippen molar-refractivity contribution in [1.29, 1.82) is 0 Å². The third-order valence-electron chi connectivity index (χ3n) is 7.83. The van der Waals surface area contributed by atoms with Gasteiger partial charge in [-0.05, 0) is 72.6 Å². The molecule has 0 aromatic rings. The molecule has 0 heterocycles. The van der Waals surface area contributed by atoms with Crippen LogP contribution in [-0.2, 0) is 4.79 Å². The molecule has 122 valence electrons. The molecule has 0 aromatic carbocycles. The third-order valence-corrected chi connectivity index (χ3v) is 8.64. The molecule has 4 aliphatic carbocycles. The Balaban J connectivity index is 1.74. The second-order valence-electron chi connectivity index (χ2n) is 8.70. The minimum absolute atomic E-state index is 0.0451. The Morgan fingerprint density at radius 2 is 1.73 bits per heavy atom. The zero-order valence-corrected chi connectivity index (χ0v) is 15.3. The predicted octanol–water partition coefficient (Wildman–Crippen LogP) is 4.60. The van der Waals surface area contributed by atoms with Gasteiger partial charge in [0.15, 0.2) is 0 Å².